The Kier molecular flexibility index (Phi) is 5.92. The molecule has 1 amide bonds. The lowest BCUT2D eigenvalue weighted by atomic mass is 10.0. The van der Waals surface area contributed by atoms with Crippen molar-refractivity contribution >= 4 is 5.91 Å². The van der Waals surface area contributed by atoms with Crippen LogP contribution in [0.3, 0.4) is 0 Å². The summed E-state index contributed by atoms with van der Waals surface area (Å²) in [5.41, 5.74) is 7.83. The largest absolute Gasteiger partial charge is 0.351 e. The minimum absolute atomic E-state index is 0.123. The van der Waals surface area contributed by atoms with Crippen molar-refractivity contribution in [3.05, 3.63) is 23.5 Å². The minimum Gasteiger partial charge on any atom is -0.351 e. The molecular formula is C14H25N3O. The highest BCUT2D eigenvalue weighted by atomic mass is 16.1. The van der Waals surface area contributed by atoms with Crippen molar-refractivity contribution in [2.45, 2.75) is 39.7 Å². The predicted octanol–water partition coefficient (Wildman–Crippen LogP) is 1.71. The van der Waals surface area contributed by atoms with Crippen molar-refractivity contribution in [3.63, 3.8) is 0 Å². The van der Waals surface area contributed by atoms with Crippen LogP contribution in [0.5, 0.6) is 0 Å². The quantitative estimate of drug-likeness (QED) is 0.775. The maximum atomic E-state index is 11.7. The zero-order valence-corrected chi connectivity index (χ0v) is 11.7. The second-order valence-electron chi connectivity index (χ2n) is 5.02. The highest BCUT2D eigenvalue weighted by Crippen LogP contribution is 2.09. The van der Waals surface area contributed by atoms with Crippen molar-refractivity contribution in [2.75, 3.05) is 6.54 Å². The number of hydrogen-bond donors (Lipinski definition) is 2. The summed E-state index contributed by atoms with van der Waals surface area (Å²) in [7, 11) is 2.01. The van der Waals surface area contributed by atoms with Crippen LogP contribution >= 0.6 is 0 Å². The first-order valence-electron chi connectivity index (χ1n) is 6.62. The van der Waals surface area contributed by atoms with E-state index in [1.54, 1.807) is 0 Å². The first kappa shape index (κ1) is 14.8. The van der Waals surface area contributed by atoms with Gasteiger partial charge in [-0.3, -0.25) is 4.79 Å². The lowest BCUT2D eigenvalue weighted by Crippen LogP contribution is -2.24. The lowest BCUT2D eigenvalue weighted by Gasteiger charge is -2.10. The number of aryl methyl sites for hydroxylation is 1. The van der Waals surface area contributed by atoms with Crippen molar-refractivity contribution in [1.82, 2.24) is 9.88 Å². The van der Waals surface area contributed by atoms with E-state index in [1.165, 1.54) is 5.69 Å². The van der Waals surface area contributed by atoms with E-state index in [-0.39, 0.29) is 5.91 Å². The predicted molar refractivity (Wildman–Crippen MR) is 74.1 cm³/mol. The van der Waals surface area contributed by atoms with Crippen LogP contribution in [0.4, 0.5) is 0 Å². The monoisotopic (exact) mass is 251 g/mol. The van der Waals surface area contributed by atoms with Crippen LogP contribution in [0, 0.1) is 12.8 Å². The number of carbonyl (C=O) groups excluding carboxylic acids is 1. The molecule has 1 aromatic rings. The van der Waals surface area contributed by atoms with E-state index in [4.69, 9.17) is 5.73 Å². The maximum absolute atomic E-state index is 11.7. The topological polar surface area (TPSA) is 60.1 Å². The molecule has 0 radical (unpaired) electrons. The Morgan fingerprint density at radius 3 is 2.72 bits per heavy atom. The normalized spacial score (nSPS) is 12.4. The average Bonchev–Trinajstić information content (AvgIpc) is 2.65. The molecule has 1 unspecified atom stereocenters. The Hall–Kier alpha value is -1.29. The van der Waals surface area contributed by atoms with E-state index in [9.17, 15) is 4.79 Å². The van der Waals surface area contributed by atoms with E-state index >= 15 is 0 Å². The standard InChI is InChI=1S/C14H25N3O/c1-11(8-9-15)4-7-14(18)16-10-13-6-5-12(2)17(13)3/h5-6,11H,4,7-10,15H2,1-3H3,(H,16,18). The molecule has 3 N–H and O–H groups in total. The van der Waals surface area contributed by atoms with E-state index in [0.717, 1.165) is 18.5 Å². The molecule has 1 atom stereocenters. The lowest BCUT2D eigenvalue weighted by molar-refractivity contribution is -0.121. The molecule has 0 spiro atoms. The van der Waals surface area contributed by atoms with Gasteiger partial charge in [0.2, 0.25) is 5.91 Å². The summed E-state index contributed by atoms with van der Waals surface area (Å²) < 4.78 is 2.09. The van der Waals surface area contributed by atoms with E-state index in [0.29, 0.717) is 25.4 Å². The average molecular weight is 251 g/mol. The Bertz CT molecular complexity index is 384. The van der Waals surface area contributed by atoms with E-state index in [2.05, 4.69) is 29.8 Å². The Labute approximate surface area is 110 Å². The third-order valence-electron chi connectivity index (χ3n) is 3.47. The molecule has 0 aliphatic carbocycles. The molecule has 18 heavy (non-hydrogen) atoms. The fourth-order valence-corrected chi connectivity index (χ4v) is 1.93. The molecule has 1 heterocycles. The molecule has 0 saturated heterocycles. The van der Waals surface area contributed by atoms with Crippen molar-refractivity contribution < 1.29 is 4.79 Å². The molecule has 0 bridgehead atoms. The van der Waals surface area contributed by atoms with Crippen LogP contribution in [0.15, 0.2) is 12.1 Å². The Morgan fingerprint density at radius 1 is 1.44 bits per heavy atom. The van der Waals surface area contributed by atoms with Crippen LogP contribution in [0.25, 0.3) is 0 Å². The Balaban J connectivity index is 2.27. The molecule has 0 fully saturated rings. The number of nitrogens with one attached hydrogen (secondary N) is 1. The molecule has 102 valence electrons. The maximum Gasteiger partial charge on any atom is 0.220 e. The van der Waals surface area contributed by atoms with Gasteiger partial charge in [-0.25, -0.2) is 0 Å². The van der Waals surface area contributed by atoms with Gasteiger partial charge in [-0.2, -0.15) is 0 Å². The molecule has 1 aromatic heterocycles. The van der Waals surface area contributed by atoms with Gasteiger partial charge in [-0.15, -0.1) is 0 Å². The first-order chi connectivity index (χ1) is 8.54. The summed E-state index contributed by atoms with van der Waals surface area (Å²) in [4.78, 5) is 11.7. The van der Waals surface area contributed by atoms with Crippen LogP contribution in [0.1, 0.15) is 37.6 Å². The fraction of sp³-hybridized carbons (Fsp3) is 0.643. The number of aromatic nitrogens is 1. The number of amides is 1. The van der Waals surface area contributed by atoms with E-state index in [1.807, 2.05) is 13.1 Å². The smallest absolute Gasteiger partial charge is 0.220 e. The third-order valence-corrected chi connectivity index (χ3v) is 3.47. The van der Waals surface area contributed by atoms with Gasteiger partial charge in [0.1, 0.15) is 0 Å². The van der Waals surface area contributed by atoms with Crippen LogP contribution < -0.4 is 11.1 Å². The zero-order valence-electron chi connectivity index (χ0n) is 11.7. The molecule has 0 aromatic carbocycles. The van der Waals surface area contributed by atoms with Gasteiger partial charge in [-0.05, 0) is 44.4 Å². The number of nitrogens with two attached hydrogens (primary N) is 1. The summed E-state index contributed by atoms with van der Waals surface area (Å²) in [6.45, 7) is 5.50. The number of carbonyl (C=O) groups is 1. The summed E-state index contributed by atoms with van der Waals surface area (Å²) >= 11 is 0. The van der Waals surface area contributed by atoms with Gasteiger partial charge in [0.05, 0.1) is 6.54 Å². The van der Waals surface area contributed by atoms with Crippen LogP contribution in [-0.4, -0.2) is 17.0 Å². The molecular weight excluding hydrogens is 226 g/mol. The van der Waals surface area contributed by atoms with Crippen molar-refractivity contribution in [2.24, 2.45) is 18.7 Å². The SMILES string of the molecule is Cc1ccc(CNC(=O)CCC(C)CCN)n1C. The third kappa shape index (κ3) is 4.53. The van der Waals surface area contributed by atoms with Crippen molar-refractivity contribution in [3.8, 4) is 0 Å². The highest BCUT2D eigenvalue weighted by molar-refractivity contribution is 5.75. The molecule has 0 aliphatic heterocycles. The van der Waals surface area contributed by atoms with Crippen LogP contribution in [-0.2, 0) is 18.4 Å². The van der Waals surface area contributed by atoms with Crippen LogP contribution in [0.2, 0.25) is 0 Å². The number of hydrogen-bond acceptors (Lipinski definition) is 2. The molecule has 0 saturated carbocycles. The number of nitrogens with zero attached hydrogens (tertiary/aromatic N) is 1. The molecule has 1 rings (SSSR count). The van der Waals surface area contributed by atoms with E-state index < -0.39 is 0 Å². The second kappa shape index (κ2) is 7.21. The van der Waals surface area contributed by atoms with Gasteiger partial charge in [-0.1, -0.05) is 6.92 Å². The van der Waals surface area contributed by atoms with Gasteiger partial charge in [0, 0.05) is 24.9 Å². The number of rotatable bonds is 7. The summed E-state index contributed by atoms with van der Waals surface area (Å²) in [6.07, 6.45) is 2.49. The zero-order chi connectivity index (χ0) is 13.5. The molecule has 4 nitrogen and oxygen atoms in total. The molecule has 0 aliphatic rings. The second-order valence-corrected chi connectivity index (χ2v) is 5.02. The molecule has 4 heteroatoms. The minimum atomic E-state index is 0.123. The highest BCUT2D eigenvalue weighted by Gasteiger charge is 2.07. The van der Waals surface area contributed by atoms with Gasteiger partial charge in [0.15, 0.2) is 0 Å². The van der Waals surface area contributed by atoms with Crippen molar-refractivity contribution in [1.29, 1.82) is 0 Å². The summed E-state index contributed by atoms with van der Waals surface area (Å²) in [5, 5.41) is 2.96. The Morgan fingerprint density at radius 2 is 2.17 bits per heavy atom. The summed E-state index contributed by atoms with van der Waals surface area (Å²) in [5.74, 6) is 0.649. The fourth-order valence-electron chi connectivity index (χ4n) is 1.93. The first-order valence-corrected chi connectivity index (χ1v) is 6.62. The van der Waals surface area contributed by atoms with Gasteiger partial charge < -0.3 is 15.6 Å². The van der Waals surface area contributed by atoms with Gasteiger partial charge in [0.25, 0.3) is 0 Å². The summed E-state index contributed by atoms with van der Waals surface area (Å²) in [6, 6.07) is 4.11. The van der Waals surface area contributed by atoms with Gasteiger partial charge >= 0.3 is 0 Å².